The number of anilines is 1. The summed E-state index contributed by atoms with van der Waals surface area (Å²) in [7, 11) is 1.84. The van der Waals surface area contributed by atoms with Crippen molar-refractivity contribution in [1.29, 1.82) is 0 Å². The molecule has 27 heavy (non-hydrogen) atoms. The van der Waals surface area contributed by atoms with Crippen LogP contribution >= 0.6 is 11.3 Å². The van der Waals surface area contributed by atoms with Crippen LogP contribution in [0, 0.1) is 0 Å². The molecule has 1 fully saturated rings. The van der Waals surface area contributed by atoms with Crippen LogP contribution < -0.4 is 15.5 Å². The monoisotopic (exact) mass is 386 g/mol. The molecule has 0 spiro atoms. The Morgan fingerprint density at radius 3 is 2.63 bits per heavy atom. The highest BCUT2D eigenvalue weighted by atomic mass is 32.1. The minimum absolute atomic E-state index is 0.464. The number of thiophene rings is 1. The van der Waals surface area contributed by atoms with Crippen molar-refractivity contribution >= 4 is 22.3 Å². The predicted octanol–water partition coefficient (Wildman–Crippen LogP) is 3.62. The molecule has 0 amide bonds. The zero-order valence-electron chi connectivity index (χ0n) is 16.3. The lowest BCUT2D eigenvalue weighted by Gasteiger charge is -2.33. The molecule has 3 rings (SSSR count). The molecule has 0 bridgehead atoms. The molecule has 0 saturated carbocycles. The van der Waals surface area contributed by atoms with E-state index in [2.05, 4.69) is 62.3 Å². The quantitative estimate of drug-likeness (QED) is 0.564. The third-order valence-corrected chi connectivity index (χ3v) is 5.83. The highest BCUT2D eigenvalue weighted by molar-refractivity contribution is 7.14. The van der Waals surface area contributed by atoms with E-state index in [9.17, 15) is 0 Å². The van der Waals surface area contributed by atoms with Gasteiger partial charge < -0.3 is 20.3 Å². The average molecular weight is 387 g/mol. The summed E-state index contributed by atoms with van der Waals surface area (Å²) in [5, 5.41) is 10.6. The van der Waals surface area contributed by atoms with E-state index >= 15 is 0 Å². The first kappa shape index (κ1) is 19.7. The third-order valence-electron chi connectivity index (χ3n) is 4.90. The van der Waals surface area contributed by atoms with Gasteiger partial charge in [0.05, 0.1) is 11.6 Å². The van der Waals surface area contributed by atoms with Gasteiger partial charge in [0.15, 0.2) is 5.96 Å². The Labute approximate surface area is 166 Å². The highest BCUT2D eigenvalue weighted by Crippen LogP contribution is 2.24. The first-order valence-electron chi connectivity index (χ1n) is 9.70. The van der Waals surface area contributed by atoms with Gasteiger partial charge in [0.2, 0.25) is 0 Å². The fraction of sp³-hybridized carbons (Fsp3) is 0.476. The summed E-state index contributed by atoms with van der Waals surface area (Å²) in [4.78, 5) is 6.88. The maximum atomic E-state index is 5.58. The SMILES string of the molecule is CCOCc1ccccc1CNC(=NC)NC1CCN(c2cccs2)CC1. The lowest BCUT2D eigenvalue weighted by atomic mass is 10.1. The zero-order valence-corrected chi connectivity index (χ0v) is 17.1. The first-order valence-corrected chi connectivity index (χ1v) is 10.6. The van der Waals surface area contributed by atoms with Crippen LogP contribution in [0.3, 0.4) is 0 Å². The van der Waals surface area contributed by atoms with Gasteiger partial charge in [0.1, 0.15) is 0 Å². The van der Waals surface area contributed by atoms with Crippen molar-refractivity contribution in [3.63, 3.8) is 0 Å². The number of hydrogen-bond donors (Lipinski definition) is 2. The Morgan fingerprint density at radius 1 is 1.19 bits per heavy atom. The van der Waals surface area contributed by atoms with Gasteiger partial charge in [-0.3, -0.25) is 4.99 Å². The number of nitrogens with zero attached hydrogens (tertiary/aromatic N) is 2. The van der Waals surface area contributed by atoms with Crippen molar-refractivity contribution in [3.05, 3.63) is 52.9 Å². The second kappa shape index (κ2) is 10.3. The standard InChI is InChI=1S/C21H30N4OS/c1-3-26-16-18-8-5-4-7-17(18)15-23-21(22-2)24-19-10-12-25(13-11-19)20-9-6-14-27-20/h4-9,14,19H,3,10-13,15-16H2,1-2H3,(H2,22,23,24). The van der Waals surface area contributed by atoms with E-state index < -0.39 is 0 Å². The number of benzene rings is 1. The summed E-state index contributed by atoms with van der Waals surface area (Å²) in [5.41, 5.74) is 2.48. The molecule has 0 atom stereocenters. The van der Waals surface area contributed by atoms with E-state index in [1.54, 1.807) is 0 Å². The van der Waals surface area contributed by atoms with Gasteiger partial charge in [0, 0.05) is 39.3 Å². The summed E-state index contributed by atoms with van der Waals surface area (Å²) in [6, 6.07) is 13.2. The number of rotatable bonds is 7. The molecular formula is C21H30N4OS. The fourth-order valence-electron chi connectivity index (χ4n) is 3.34. The van der Waals surface area contributed by atoms with Gasteiger partial charge in [-0.25, -0.2) is 0 Å². The van der Waals surface area contributed by atoms with Gasteiger partial charge in [-0.1, -0.05) is 24.3 Å². The number of piperidine rings is 1. The summed E-state index contributed by atoms with van der Waals surface area (Å²) < 4.78 is 5.58. The third kappa shape index (κ3) is 5.71. The van der Waals surface area contributed by atoms with Gasteiger partial charge in [-0.05, 0) is 48.4 Å². The van der Waals surface area contributed by atoms with Gasteiger partial charge in [-0.15, -0.1) is 11.3 Å². The molecule has 0 radical (unpaired) electrons. The summed E-state index contributed by atoms with van der Waals surface area (Å²) in [6.07, 6.45) is 2.25. The van der Waals surface area contributed by atoms with Crippen molar-refractivity contribution in [2.45, 2.75) is 39.0 Å². The Morgan fingerprint density at radius 2 is 1.96 bits per heavy atom. The van der Waals surface area contributed by atoms with Crippen LogP contribution in [0.2, 0.25) is 0 Å². The van der Waals surface area contributed by atoms with E-state index in [1.165, 1.54) is 16.1 Å². The molecule has 146 valence electrons. The van der Waals surface area contributed by atoms with Crippen molar-refractivity contribution in [2.75, 3.05) is 31.6 Å². The lowest BCUT2D eigenvalue weighted by Crippen LogP contribution is -2.48. The molecule has 1 aromatic heterocycles. The molecule has 0 aliphatic carbocycles. The Kier molecular flexibility index (Phi) is 7.54. The molecule has 2 heterocycles. The molecule has 1 aliphatic rings. The second-order valence-corrected chi connectivity index (χ2v) is 7.61. The second-order valence-electron chi connectivity index (χ2n) is 6.69. The maximum absolute atomic E-state index is 5.58. The van der Waals surface area contributed by atoms with Crippen molar-refractivity contribution < 1.29 is 4.74 Å². The minimum atomic E-state index is 0.464. The summed E-state index contributed by atoms with van der Waals surface area (Å²) in [5.74, 6) is 0.871. The maximum Gasteiger partial charge on any atom is 0.191 e. The number of hydrogen-bond acceptors (Lipinski definition) is 4. The van der Waals surface area contributed by atoms with Crippen LogP contribution in [0.1, 0.15) is 30.9 Å². The van der Waals surface area contributed by atoms with Crippen LogP contribution in [0.15, 0.2) is 46.8 Å². The highest BCUT2D eigenvalue weighted by Gasteiger charge is 2.20. The van der Waals surface area contributed by atoms with Crippen LogP contribution in [0.25, 0.3) is 0 Å². The number of aliphatic imine (C=N–C) groups is 1. The molecule has 0 unspecified atom stereocenters. The van der Waals surface area contributed by atoms with E-state index in [4.69, 9.17) is 4.74 Å². The van der Waals surface area contributed by atoms with Gasteiger partial charge >= 0.3 is 0 Å². The fourth-order valence-corrected chi connectivity index (χ4v) is 4.13. The van der Waals surface area contributed by atoms with E-state index in [0.717, 1.165) is 45.0 Å². The minimum Gasteiger partial charge on any atom is -0.377 e. The molecule has 2 aromatic rings. The molecular weight excluding hydrogens is 356 g/mol. The molecule has 1 aliphatic heterocycles. The largest absolute Gasteiger partial charge is 0.377 e. The first-order chi connectivity index (χ1) is 13.3. The topological polar surface area (TPSA) is 48.9 Å². The smallest absolute Gasteiger partial charge is 0.191 e. The van der Waals surface area contributed by atoms with E-state index in [0.29, 0.717) is 12.6 Å². The van der Waals surface area contributed by atoms with Crippen LogP contribution in [0.5, 0.6) is 0 Å². The Hall–Kier alpha value is -2.05. The molecule has 1 saturated heterocycles. The lowest BCUT2D eigenvalue weighted by molar-refractivity contribution is 0.133. The molecule has 1 aromatic carbocycles. The van der Waals surface area contributed by atoms with Crippen molar-refractivity contribution in [3.8, 4) is 0 Å². The average Bonchev–Trinajstić information content (AvgIpc) is 3.25. The number of guanidine groups is 1. The van der Waals surface area contributed by atoms with Crippen LogP contribution in [-0.4, -0.2) is 38.7 Å². The van der Waals surface area contributed by atoms with Crippen molar-refractivity contribution in [1.82, 2.24) is 10.6 Å². The summed E-state index contributed by atoms with van der Waals surface area (Å²) in [6.45, 7) is 6.34. The predicted molar refractivity (Wildman–Crippen MR) is 115 cm³/mol. The van der Waals surface area contributed by atoms with E-state index in [-0.39, 0.29) is 0 Å². The van der Waals surface area contributed by atoms with Crippen LogP contribution in [0.4, 0.5) is 5.00 Å². The van der Waals surface area contributed by atoms with Gasteiger partial charge in [-0.2, -0.15) is 0 Å². The molecule has 6 heteroatoms. The van der Waals surface area contributed by atoms with Crippen molar-refractivity contribution in [2.24, 2.45) is 4.99 Å². The number of nitrogens with one attached hydrogen (secondary N) is 2. The summed E-state index contributed by atoms with van der Waals surface area (Å²) >= 11 is 1.82. The van der Waals surface area contributed by atoms with Crippen LogP contribution in [-0.2, 0) is 17.9 Å². The zero-order chi connectivity index (χ0) is 18.9. The Bertz CT molecular complexity index is 709. The molecule has 5 nitrogen and oxygen atoms in total. The van der Waals surface area contributed by atoms with E-state index in [1.807, 2.05) is 25.3 Å². The molecule has 2 N–H and O–H groups in total. The Balaban J connectivity index is 1.48. The van der Waals surface area contributed by atoms with Gasteiger partial charge in [0.25, 0.3) is 0 Å². The number of ether oxygens (including phenoxy) is 1. The normalized spacial score (nSPS) is 15.8.